The van der Waals surface area contributed by atoms with Gasteiger partial charge in [0.15, 0.2) is 0 Å². The number of hydrogen-bond acceptors (Lipinski definition) is 3. The second kappa shape index (κ2) is 20.8. The number of nitrogens with one attached hydrogen (secondary N) is 1. The van der Waals surface area contributed by atoms with Gasteiger partial charge in [0.25, 0.3) is 0 Å². The fourth-order valence-electron chi connectivity index (χ4n) is 6.37. The van der Waals surface area contributed by atoms with Gasteiger partial charge in [-0.25, -0.2) is 0 Å². The molecule has 2 fully saturated rings. The van der Waals surface area contributed by atoms with Crippen molar-refractivity contribution in [1.82, 2.24) is 10.2 Å². The second-order valence-corrected chi connectivity index (χ2v) is 12.6. The van der Waals surface area contributed by atoms with Crippen LogP contribution < -0.4 is 5.32 Å². The first-order chi connectivity index (χ1) is 17.7. The van der Waals surface area contributed by atoms with Crippen molar-refractivity contribution in [3.63, 3.8) is 0 Å². The minimum atomic E-state index is 0.522. The Balaban J connectivity index is 1.55. The monoisotopic (exact) mass is 507 g/mol. The first-order valence-electron chi connectivity index (χ1n) is 16.8. The van der Waals surface area contributed by atoms with E-state index in [9.17, 15) is 0 Å². The summed E-state index contributed by atoms with van der Waals surface area (Å²) in [5.41, 5.74) is 0. The highest BCUT2D eigenvalue weighted by molar-refractivity contribution is 4.89. The summed E-state index contributed by atoms with van der Waals surface area (Å²) >= 11 is 0. The number of hydrogen-bond donors (Lipinski definition) is 1. The third-order valence-electron chi connectivity index (χ3n) is 9.21. The van der Waals surface area contributed by atoms with E-state index in [-0.39, 0.29) is 0 Å². The number of likely N-dealkylation sites (tertiary alicyclic amines) is 1. The van der Waals surface area contributed by atoms with Gasteiger partial charge in [-0.05, 0) is 69.9 Å². The Kier molecular flexibility index (Phi) is 18.5. The van der Waals surface area contributed by atoms with Crippen LogP contribution in [0.25, 0.3) is 0 Å². The molecular formula is C33H66N2O. The molecule has 3 heteroatoms. The molecule has 1 N–H and O–H groups in total. The lowest BCUT2D eigenvalue weighted by atomic mass is 9.87. The third kappa shape index (κ3) is 14.1. The Labute approximate surface area is 227 Å². The van der Waals surface area contributed by atoms with E-state index in [2.05, 4.69) is 37.9 Å². The summed E-state index contributed by atoms with van der Waals surface area (Å²) in [6.07, 6.45) is 28.0. The fraction of sp³-hybridized carbons (Fsp3) is 1.00. The molecule has 2 rings (SSSR count). The molecule has 2 aliphatic rings. The number of unbranched alkanes of at least 4 members (excludes halogenated alkanes) is 9. The zero-order valence-electron chi connectivity index (χ0n) is 25.2. The molecule has 1 aliphatic carbocycles. The molecule has 0 amide bonds. The molecule has 1 saturated heterocycles. The van der Waals surface area contributed by atoms with Gasteiger partial charge >= 0.3 is 0 Å². The van der Waals surface area contributed by atoms with Crippen molar-refractivity contribution in [2.45, 2.75) is 174 Å². The molecule has 0 spiro atoms. The highest BCUT2D eigenvalue weighted by Crippen LogP contribution is 2.28. The van der Waals surface area contributed by atoms with Crippen LogP contribution in [0, 0.1) is 11.8 Å². The van der Waals surface area contributed by atoms with Gasteiger partial charge in [-0.2, -0.15) is 0 Å². The predicted octanol–water partition coefficient (Wildman–Crippen LogP) is 9.14. The van der Waals surface area contributed by atoms with E-state index in [1.54, 1.807) is 0 Å². The highest BCUT2D eigenvalue weighted by atomic mass is 16.5. The summed E-state index contributed by atoms with van der Waals surface area (Å²) in [7, 11) is 0. The molecule has 2 unspecified atom stereocenters. The molecule has 2 atom stereocenters. The minimum Gasteiger partial charge on any atom is -0.378 e. The average Bonchev–Trinajstić information content (AvgIpc) is 2.87. The lowest BCUT2D eigenvalue weighted by Gasteiger charge is -2.40. The van der Waals surface area contributed by atoms with Crippen LogP contribution in [0.3, 0.4) is 0 Å². The number of nitrogens with zero attached hydrogens (tertiary/aromatic N) is 1. The Morgan fingerprint density at radius 2 is 1.28 bits per heavy atom. The molecule has 0 bridgehead atoms. The topological polar surface area (TPSA) is 24.5 Å². The van der Waals surface area contributed by atoms with E-state index >= 15 is 0 Å². The summed E-state index contributed by atoms with van der Waals surface area (Å²) in [6, 6.07) is 1.45. The van der Waals surface area contributed by atoms with Crippen LogP contribution in [-0.2, 0) is 4.74 Å². The molecule has 0 aromatic heterocycles. The van der Waals surface area contributed by atoms with Crippen molar-refractivity contribution >= 4 is 0 Å². The molecule has 1 aliphatic heterocycles. The van der Waals surface area contributed by atoms with Gasteiger partial charge in [0, 0.05) is 25.2 Å². The summed E-state index contributed by atoms with van der Waals surface area (Å²) in [6.45, 7) is 14.3. The maximum atomic E-state index is 6.41. The molecule has 36 heavy (non-hydrogen) atoms. The van der Waals surface area contributed by atoms with Crippen LogP contribution in [0.4, 0.5) is 0 Å². The Morgan fingerprint density at radius 3 is 1.92 bits per heavy atom. The van der Waals surface area contributed by atoms with Gasteiger partial charge < -0.3 is 15.0 Å². The van der Waals surface area contributed by atoms with Gasteiger partial charge in [-0.1, -0.05) is 111 Å². The Hall–Kier alpha value is -0.120. The van der Waals surface area contributed by atoms with Crippen molar-refractivity contribution < 1.29 is 4.74 Å². The predicted molar refractivity (Wildman–Crippen MR) is 159 cm³/mol. The number of piperidine rings is 1. The van der Waals surface area contributed by atoms with Gasteiger partial charge in [-0.15, -0.1) is 0 Å². The van der Waals surface area contributed by atoms with Gasteiger partial charge in [0.2, 0.25) is 0 Å². The van der Waals surface area contributed by atoms with Crippen molar-refractivity contribution in [2.24, 2.45) is 11.8 Å². The van der Waals surface area contributed by atoms with Crippen LogP contribution >= 0.6 is 0 Å². The molecule has 1 saturated carbocycles. The number of ether oxygens (including phenoxy) is 1. The maximum absolute atomic E-state index is 6.41. The first-order valence-corrected chi connectivity index (χ1v) is 16.8. The zero-order valence-corrected chi connectivity index (χ0v) is 25.2. The van der Waals surface area contributed by atoms with E-state index in [4.69, 9.17) is 4.74 Å². The van der Waals surface area contributed by atoms with Crippen LogP contribution in [0.1, 0.15) is 156 Å². The summed E-state index contributed by atoms with van der Waals surface area (Å²) < 4.78 is 6.41. The lowest BCUT2D eigenvalue weighted by Crippen LogP contribution is -2.50. The van der Waals surface area contributed by atoms with Crippen molar-refractivity contribution in [3.8, 4) is 0 Å². The average molecular weight is 507 g/mol. The normalized spacial score (nSPS) is 23.0. The van der Waals surface area contributed by atoms with Crippen molar-refractivity contribution in [2.75, 3.05) is 26.2 Å². The molecule has 1 heterocycles. The summed E-state index contributed by atoms with van der Waals surface area (Å²) in [5.74, 6) is 1.71. The van der Waals surface area contributed by atoms with E-state index in [1.807, 2.05) is 0 Å². The quantitative estimate of drug-likeness (QED) is 0.140. The lowest BCUT2D eigenvalue weighted by molar-refractivity contribution is -0.0430. The first kappa shape index (κ1) is 32.1. The summed E-state index contributed by atoms with van der Waals surface area (Å²) in [4.78, 5) is 2.76. The van der Waals surface area contributed by atoms with E-state index in [1.165, 1.54) is 148 Å². The number of rotatable bonds is 23. The van der Waals surface area contributed by atoms with E-state index in [0.29, 0.717) is 12.1 Å². The fourth-order valence-corrected chi connectivity index (χ4v) is 6.37. The minimum absolute atomic E-state index is 0.522. The molecule has 3 nitrogen and oxygen atoms in total. The second-order valence-electron chi connectivity index (χ2n) is 12.6. The van der Waals surface area contributed by atoms with Crippen molar-refractivity contribution in [3.05, 3.63) is 0 Å². The Morgan fingerprint density at radius 1 is 0.722 bits per heavy atom. The molecule has 0 radical (unpaired) electrons. The van der Waals surface area contributed by atoms with Gasteiger partial charge in [-0.3, -0.25) is 0 Å². The SMILES string of the molecule is CCCCCCCC(CCCCC)NC1CC(OCC2CCN(CC(CC)CCCCCC)CC2)C1. The summed E-state index contributed by atoms with van der Waals surface area (Å²) in [5, 5.41) is 4.04. The third-order valence-corrected chi connectivity index (χ3v) is 9.21. The molecule has 0 aromatic carbocycles. The largest absolute Gasteiger partial charge is 0.378 e. The van der Waals surface area contributed by atoms with Crippen molar-refractivity contribution in [1.29, 1.82) is 0 Å². The molecule has 214 valence electrons. The van der Waals surface area contributed by atoms with Crippen LogP contribution in [0.5, 0.6) is 0 Å². The molecular weight excluding hydrogens is 440 g/mol. The van der Waals surface area contributed by atoms with Gasteiger partial charge in [0.1, 0.15) is 0 Å². The van der Waals surface area contributed by atoms with Crippen LogP contribution in [0.15, 0.2) is 0 Å². The van der Waals surface area contributed by atoms with Crippen LogP contribution in [0.2, 0.25) is 0 Å². The smallest absolute Gasteiger partial charge is 0.0605 e. The standard InChI is InChI=1S/C33H66N2O/c1-5-9-12-14-17-20-31(19-15-11-7-3)34-32-25-33(26-32)36-28-30-21-23-35(24-22-30)27-29(8-4)18-16-13-10-6-2/h29-34H,5-28H2,1-4H3. The van der Waals surface area contributed by atoms with E-state index in [0.717, 1.165) is 24.5 Å². The zero-order chi connectivity index (χ0) is 25.8. The van der Waals surface area contributed by atoms with Gasteiger partial charge in [0.05, 0.1) is 6.10 Å². The molecule has 0 aromatic rings. The van der Waals surface area contributed by atoms with E-state index < -0.39 is 0 Å². The maximum Gasteiger partial charge on any atom is 0.0605 e. The highest BCUT2D eigenvalue weighted by Gasteiger charge is 2.32. The Bertz CT molecular complexity index is 484. The van der Waals surface area contributed by atoms with Crippen LogP contribution in [-0.4, -0.2) is 49.3 Å².